The maximum atomic E-state index is 11.5. The molecule has 0 spiro atoms. The number of benzene rings is 1. The molecule has 0 saturated carbocycles. The van der Waals surface area contributed by atoms with Crippen LogP contribution in [-0.2, 0) is 16.1 Å². The molecule has 6 heteroatoms. The quantitative estimate of drug-likeness (QED) is 0.734. The number of methoxy groups -OCH3 is 1. The lowest BCUT2D eigenvalue weighted by molar-refractivity contribution is -0.139. The van der Waals surface area contributed by atoms with E-state index >= 15 is 0 Å². The highest BCUT2D eigenvalue weighted by Crippen LogP contribution is 2.14. The van der Waals surface area contributed by atoms with Crippen molar-refractivity contribution in [2.45, 2.75) is 12.6 Å². The maximum Gasteiger partial charge on any atom is 0.325 e. The first-order valence-electron chi connectivity index (χ1n) is 7.78. The van der Waals surface area contributed by atoms with E-state index in [-0.39, 0.29) is 0 Å². The van der Waals surface area contributed by atoms with Crippen molar-refractivity contribution in [3.63, 3.8) is 0 Å². The van der Waals surface area contributed by atoms with E-state index in [0.29, 0.717) is 13.2 Å². The highest BCUT2D eigenvalue weighted by Gasteiger charge is 2.18. The van der Waals surface area contributed by atoms with Crippen LogP contribution >= 0.6 is 0 Å². The van der Waals surface area contributed by atoms with Crippen LogP contribution in [0.15, 0.2) is 48.7 Å². The predicted octanol–water partition coefficient (Wildman–Crippen LogP) is 2.08. The molecule has 0 aliphatic rings. The minimum absolute atomic E-state index is 0.431. The summed E-state index contributed by atoms with van der Waals surface area (Å²) < 4.78 is 5.05. The number of carbonyl (C=O) groups is 1. The summed E-state index contributed by atoms with van der Waals surface area (Å²) in [5.74, 6) is -0.0428. The number of aliphatic carboxylic acids is 1. The molecule has 24 heavy (non-hydrogen) atoms. The third kappa shape index (κ3) is 5.04. The third-order valence-electron chi connectivity index (χ3n) is 3.72. The Hall–Kier alpha value is -2.44. The van der Waals surface area contributed by atoms with Gasteiger partial charge in [0.1, 0.15) is 11.9 Å². The van der Waals surface area contributed by atoms with Gasteiger partial charge in [0.2, 0.25) is 0 Å². The summed E-state index contributed by atoms with van der Waals surface area (Å²) in [5.41, 5.74) is 1.66. The number of anilines is 1. The van der Waals surface area contributed by atoms with Gasteiger partial charge >= 0.3 is 5.97 Å². The smallest absolute Gasteiger partial charge is 0.325 e. The Bertz CT molecular complexity index is 632. The lowest BCUT2D eigenvalue weighted by atomic mass is 10.1. The number of pyridine rings is 1. The molecule has 128 valence electrons. The predicted molar refractivity (Wildman–Crippen MR) is 93.0 cm³/mol. The molecule has 2 N–H and O–H groups in total. The summed E-state index contributed by atoms with van der Waals surface area (Å²) in [6, 6.07) is 12.3. The number of nitrogens with one attached hydrogen (secondary N) is 1. The molecule has 0 saturated heterocycles. The molecular formula is C18H23N3O3. The number of hydrogen-bond acceptors (Lipinski definition) is 5. The zero-order valence-corrected chi connectivity index (χ0v) is 14.0. The van der Waals surface area contributed by atoms with Gasteiger partial charge in [-0.25, -0.2) is 4.98 Å². The molecule has 1 heterocycles. The lowest BCUT2D eigenvalue weighted by Crippen LogP contribution is -2.28. The van der Waals surface area contributed by atoms with E-state index in [1.165, 1.54) is 0 Å². The fourth-order valence-electron chi connectivity index (χ4n) is 2.30. The van der Waals surface area contributed by atoms with Gasteiger partial charge in [-0.2, -0.15) is 0 Å². The van der Waals surface area contributed by atoms with E-state index in [9.17, 15) is 9.90 Å². The van der Waals surface area contributed by atoms with Crippen LogP contribution < -0.4 is 10.2 Å². The molecule has 6 nitrogen and oxygen atoms in total. The van der Waals surface area contributed by atoms with Crippen molar-refractivity contribution < 1.29 is 14.6 Å². The molecule has 0 fully saturated rings. The topological polar surface area (TPSA) is 74.7 Å². The number of carboxylic acids is 1. The third-order valence-corrected chi connectivity index (χ3v) is 3.72. The van der Waals surface area contributed by atoms with E-state index in [1.807, 2.05) is 42.3 Å². The van der Waals surface area contributed by atoms with Crippen molar-refractivity contribution in [3.05, 3.63) is 59.8 Å². The van der Waals surface area contributed by atoms with E-state index in [4.69, 9.17) is 4.74 Å². The van der Waals surface area contributed by atoms with Crippen molar-refractivity contribution in [2.75, 3.05) is 32.2 Å². The van der Waals surface area contributed by atoms with Crippen molar-refractivity contribution >= 4 is 11.8 Å². The van der Waals surface area contributed by atoms with Gasteiger partial charge in [-0.05, 0) is 17.2 Å². The molecule has 1 aromatic carbocycles. The van der Waals surface area contributed by atoms with Crippen molar-refractivity contribution in [3.8, 4) is 0 Å². The molecule has 0 aliphatic heterocycles. The second-order valence-electron chi connectivity index (χ2n) is 5.50. The second kappa shape index (κ2) is 9.00. The molecule has 0 aliphatic carbocycles. The molecule has 0 unspecified atom stereocenters. The van der Waals surface area contributed by atoms with Crippen LogP contribution in [-0.4, -0.2) is 43.4 Å². The number of rotatable bonds is 9. The average molecular weight is 329 g/mol. The fourth-order valence-corrected chi connectivity index (χ4v) is 2.30. The van der Waals surface area contributed by atoms with E-state index in [0.717, 1.165) is 23.5 Å². The minimum Gasteiger partial charge on any atom is -0.480 e. The van der Waals surface area contributed by atoms with Crippen LogP contribution in [0.2, 0.25) is 0 Å². The summed E-state index contributed by atoms with van der Waals surface area (Å²) >= 11 is 0. The molecule has 2 aromatic rings. The van der Waals surface area contributed by atoms with Crippen LogP contribution in [0.4, 0.5) is 5.82 Å². The highest BCUT2D eigenvalue weighted by molar-refractivity contribution is 5.75. The van der Waals surface area contributed by atoms with E-state index in [2.05, 4.69) is 10.3 Å². The number of carboxylic acid groups (broad SMARTS) is 1. The van der Waals surface area contributed by atoms with Gasteiger partial charge in [-0.1, -0.05) is 36.4 Å². The molecule has 1 aromatic heterocycles. The monoisotopic (exact) mass is 329 g/mol. The Balaban J connectivity index is 1.96. The molecule has 0 radical (unpaired) electrons. The van der Waals surface area contributed by atoms with Gasteiger partial charge in [-0.3, -0.25) is 10.1 Å². The fraction of sp³-hybridized carbons (Fsp3) is 0.333. The van der Waals surface area contributed by atoms with Gasteiger partial charge in [0.15, 0.2) is 0 Å². The largest absolute Gasteiger partial charge is 0.480 e. The Labute approximate surface area is 142 Å². The van der Waals surface area contributed by atoms with Crippen molar-refractivity contribution in [2.24, 2.45) is 0 Å². The minimum atomic E-state index is -0.898. The normalized spacial score (nSPS) is 11.9. The molecule has 0 bridgehead atoms. The summed E-state index contributed by atoms with van der Waals surface area (Å²) in [6.45, 7) is 1.83. The zero-order valence-electron chi connectivity index (χ0n) is 14.0. The number of likely N-dealkylation sites (N-methyl/N-ethyl adjacent to an activating group) is 1. The van der Waals surface area contributed by atoms with Crippen LogP contribution in [0.1, 0.15) is 17.2 Å². The number of aromatic nitrogens is 1. The zero-order chi connectivity index (χ0) is 17.4. The average Bonchev–Trinajstić information content (AvgIpc) is 2.61. The van der Waals surface area contributed by atoms with Crippen LogP contribution in [0.5, 0.6) is 0 Å². The highest BCUT2D eigenvalue weighted by atomic mass is 16.5. The van der Waals surface area contributed by atoms with Crippen LogP contribution in [0.25, 0.3) is 0 Å². The summed E-state index contributed by atoms with van der Waals surface area (Å²) in [7, 11) is 3.62. The summed E-state index contributed by atoms with van der Waals surface area (Å²) in [4.78, 5) is 17.9. The van der Waals surface area contributed by atoms with Crippen LogP contribution in [0, 0.1) is 0 Å². The maximum absolute atomic E-state index is 11.5. The van der Waals surface area contributed by atoms with E-state index < -0.39 is 12.0 Å². The summed E-state index contributed by atoms with van der Waals surface area (Å²) in [5, 5.41) is 12.5. The number of hydrogen-bond donors (Lipinski definition) is 2. The second-order valence-corrected chi connectivity index (χ2v) is 5.50. The van der Waals surface area contributed by atoms with Gasteiger partial charge in [0, 0.05) is 33.4 Å². The standard InChI is InChI=1S/C18H23N3O3/c1-21(10-11-24-2)16-9-8-14(12-19-16)13-20-17(18(22)23)15-6-4-3-5-7-15/h3-9,12,17,20H,10-11,13H2,1-2H3,(H,22,23)/t17-/m0/s1. The van der Waals surface area contributed by atoms with Crippen molar-refractivity contribution in [1.82, 2.24) is 10.3 Å². The Morgan fingerprint density at radius 3 is 2.62 bits per heavy atom. The molecule has 2 rings (SSSR count). The van der Waals surface area contributed by atoms with Crippen molar-refractivity contribution in [1.29, 1.82) is 0 Å². The van der Waals surface area contributed by atoms with Gasteiger partial charge < -0.3 is 14.7 Å². The lowest BCUT2D eigenvalue weighted by Gasteiger charge is -2.18. The van der Waals surface area contributed by atoms with E-state index in [1.54, 1.807) is 25.4 Å². The first-order chi connectivity index (χ1) is 11.6. The first kappa shape index (κ1) is 17.9. The van der Waals surface area contributed by atoms with Gasteiger partial charge in [0.25, 0.3) is 0 Å². The Morgan fingerprint density at radius 1 is 1.29 bits per heavy atom. The number of ether oxygens (including phenoxy) is 1. The summed E-state index contributed by atoms with van der Waals surface area (Å²) in [6.07, 6.45) is 1.76. The molecule has 0 amide bonds. The van der Waals surface area contributed by atoms with Gasteiger partial charge in [0.05, 0.1) is 6.61 Å². The number of nitrogens with zero attached hydrogens (tertiary/aromatic N) is 2. The SMILES string of the molecule is COCCN(C)c1ccc(CN[C@H](C(=O)O)c2ccccc2)cn1. The Kier molecular flexibility index (Phi) is 6.72. The molecule has 1 atom stereocenters. The van der Waals surface area contributed by atoms with Crippen LogP contribution in [0.3, 0.4) is 0 Å². The molecular weight excluding hydrogens is 306 g/mol. The first-order valence-corrected chi connectivity index (χ1v) is 7.78. The van der Waals surface area contributed by atoms with Gasteiger partial charge in [-0.15, -0.1) is 0 Å². The Morgan fingerprint density at radius 2 is 2.04 bits per heavy atom.